The molecule has 0 aliphatic rings. The van der Waals surface area contributed by atoms with E-state index in [1.54, 1.807) is 26.4 Å². The van der Waals surface area contributed by atoms with Gasteiger partial charge >= 0.3 is 11.9 Å². The number of aliphatic hydroxyl groups is 1. The number of likely N-dealkylation sites (N-methyl/N-ethyl adjacent to an activating group) is 1. The molecule has 38 heavy (non-hydrogen) atoms. The van der Waals surface area contributed by atoms with Gasteiger partial charge < -0.3 is 30.0 Å². The van der Waals surface area contributed by atoms with Crippen LogP contribution in [0.3, 0.4) is 0 Å². The molecular formula is C25H37N7O6. The van der Waals surface area contributed by atoms with Crippen molar-refractivity contribution in [3.05, 3.63) is 47.6 Å². The second kappa shape index (κ2) is 13.5. The molecular weight excluding hydrogens is 494 g/mol. The van der Waals surface area contributed by atoms with E-state index in [0.717, 1.165) is 16.1 Å². The average molecular weight is 532 g/mol. The maximum Gasteiger partial charge on any atom is 0.331 e. The summed E-state index contributed by atoms with van der Waals surface area (Å²) in [7, 11) is 1.72. The van der Waals surface area contributed by atoms with Crippen LogP contribution in [0, 0.1) is 0 Å². The molecule has 0 saturated carbocycles. The molecule has 4 N–H and O–H groups in total. The number of ether oxygens (including phenoxy) is 2. The van der Waals surface area contributed by atoms with E-state index in [1.165, 1.54) is 13.1 Å². The van der Waals surface area contributed by atoms with Crippen molar-refractivity contribution < 1.29 is 29.3 Å². The van der Waals surface area contributed by atoms with Crippen LogP contribution < -0.4 is 5.32 Å². The number of aliphatic carboxylic acids is 1. The summed E-state index contributed by atoms with van der Waals surface area (Å²) in [6, 6.07) is -1.24. The van der Waals surface area contributed by atoms with Crippen molar-refractivity contribution in [2.24, 2.45) is 4.99 Å². The Kier molecular flexibility index (Phi) is 10.8. The number of esters is 1. The Bertz CT molecular complexity index is 1170. The molecule has 0 bridgehead atoms. The number of carbonyl (C=O) groups is 2. The minimum atomic E-state index is -1.24. The summed E-state index contributed by atoms with van der Waals surface area (Å²) >= 11 is 0. The monoisotopic (exact) mass is 531 g/mol. The van der Waals surface area contributed by atoms with Crippen molar-refractivity contribution in [2.45, 2.75) is 71.4 Å². The van der Waals surface area contributed by atoms with E-state index < -0.39 is 24.1 Å². The molecule has 2 rings (SSSR count). The third kappa shape index (κ3) is 8.83. The first-order chi connectivity index (χ1) is 17.8. The van der Waals surface area contributed by atoms with Crippen molar-refractivity contribution in [3.63, 3.8) is 0 Å². The Balaban J connectivity index is 1.94. The van der Waals surface area contributed by atoms with Gasteiger partial charge in [-0.15, -0.1) is 5.10 Å². The van der Waals surface area contributed by atoms with Gasteiger partial charge in [0.05, 0.1) is 29.5 Å². The minimum absolute atomic E-state index is 0.0822. The van der Waals surface area contributed by atoms with Crippen LogP contribution in [-0.2, 0) is 30.9 Å². The zero-order valence-corrected chi connectivity index (χ0v) is 22.7. The highest BCUT2D eigenvalue weighted by Crippen LogP contribution is 2.24. The molecule has 2 unspecified atom stereocenters. The number of hydrogen-bond donors (Lipinski definition) is 4. The summed E-state index contributed by atoms with van der Waals surface area (Å²) in [4.78, 5) is 35.4. The van der Waals surface area contributed by atoms with Gasteiger partial charge in [-0.25, -0.2) is 19.5 Å². The van der Waals surface area contributed by atoms with E-state index in [0.29, 0.717) is 29.9 Å². The fourth-order valence-electron chi connectivity index (χ4n) is 3.48. The zero-order chi connectivity index (χ0) is 28.5. The number of carbonyl (C=O) groups excluding carboxylic acids is 1. The number of nitrogens with zero attached hydrogens (tertiary/aromatic N) is 5. The number of hydrogen-bond acceptors (Lipinski definition) is 10. The van der Waals surface area contributed by atoms with Gasteiger partial charge in [-0.1, -0.05) is 32.6 Å². The molecule has 2 heterocycles. The molecule has 13 heteroatoms. The predicted molar refractivity (Wildman–Crippen MR) is 140 cm³/mol. The maximum atomic E-state index is 12.2. The zero-order valence-electron chi connectivity index (χ0n) is 22.7. The van der Waals surface area contributed by atoms with Gasteiger partial charge in [-0.2, -0.15) is 0 Å². The molecule has 0 aromatic carbocycles. The second-order valence-corrected chi connectivity index (χ2v) is 9.72. The number of allylic oxidation sites excluding steroid dienone is 1. The normalized spacial score (nSPS) is 14.1. The Hall–Kier alpha value is -4.00. The number of aromatic nitrogens is 5. The molecule has 2 atom stereocenters. The highest BCUT2D eigenvalue weighted by atomic mass is 16.7. The van der Waals surface area contributed by atoms with E-state index >= 15 is 0 Å². The summed E-state index contributed by atoms with van der Waals surface area (Å²) in [5.41, 5.74) is 3.02. The van der Waals surface area contributed by atoms with Crippen molar-refractivity contribution in [2.75, 3.05) is 13.8 Å². The number of rotatable bonds is 13. The van der Waals surface area contributed by atoms with Crippen LogP contribution >= 0.6 is 0 Å². The lowest BCUT2D eigenvalue weighted by Gasteiger charge is -2.18. The first-order valence-corrected chi connectivity index (χ1v) is 12.1. The van der Waals surface area contributed by atoms with Crippen molar-refractivity contribution in [3.8, 4) is 0 Å². The number of carboxylic acids is 1. The van der Waals surface area contributed by atoms with Gasteiger partial charge in [0, 0.05) is 36.5 Å². The summed E-state index contributed by atoms with van der Waals surface area (Å²) in [5.74, 6) is -1.51. The van der Waals surface area contributed by atoms with Crippen LogP contribution in [-0.4, -0.2) is 73.0 Å². The summed E-state index contributed by atoms with van der Waals surface area (Å²) < 4.78 is 12.0. The van der Waals surface area contributed by atoms with Gasteiger partial charge in [0.2, 0.25) is 12.7 Å². The number of imidazole rings is 1. The van der Waals surface area contributed by atoms with Crippen LogP contribution in [0.15, 0.2) is 35.5 Å². The number of aryl methyl sites for hydroxylation is 1. The Morgan fingerprint density at radius 2 is 2.05 bits per heavy atom. The van der Waals surface area contributed by atoms with Gasteiger partial charge in [0.1, 0.15) is 0 Å². The van der Waals surface area contributed by atoms with E-state index in [4.69, 9.17) is 9.47 Å². The van der Waals surface area contributed by atoms with Crippen molar-refractivity contribution in [1.29, 1.82) is 0 Å². The standard InChI is InChI=1S/C25H37N7O6/c1-15(2)29-23(19(26-7)11-18-22(25(4,5)6)28-13-27-18)38-14-37-20(34)10-8-9-17-12-32(31-30-17)21(16(3)33)24(35)36/h11-13,16,21,26,33H,1,8-10,14H2,2-7H3,(H,27,28)(H,35,36)/b19-11-,29-23?. The third-order valence-electron chi connectivity index (χ3n) is 5.27. The van der Waals surface area contributed by atoms with Crippen LogP contribution in [0.2, 0.25) is 0 Å². The molecule has 208 valence electrons. The highest BCUT2D eigenvalue weighted by Gasteiger charge is 2.26. The number of aliphatic hydroxyl groups excluding tert-OH is 1. The second-order valence-electron chi connectivity index (χ2n) is 9.72. The molecule has 0 radical (unpaired) electrons. The molecule has 0 aliphatic heterocycles. The minimum Gasteiger partial charge on any atom is -0.480 e. The van der Waals surface area contributed by atoms with Crippen molar-refractivity contribution in [1.82, 2.24) is 30.3 Å². The quantitative estimate of drug-likeness (QED) is 0.130. The van der Waals surface area contributed by atoms with Crippen LogP contribution in [0.5, 0.6) is 0 Å². The van der Waals surface area contributed by atoms with Crippen molar-refractivity contribution >= 4 is 23.9 Å². The van der Waals surface area contributed by atoms with E-state index in [2.05, 4.69) is 57.9 Å². The highest BCUT2D eigenvalue weighted by molar-refractivity contribution is 5.97. The van der Waals surface area contributed by atoms with Gasteiger partial charge in [-0.3, -0.25) is 4.79 Å². The predicted octanol–water partition coefficient (Wildman–Crippen LogP) is 2.34. The van der Waals surface area contributed by atoms with Gasteiger partial charge in [-0.05, 0) is 32.8 Å². The Labute approximate surface area is 221 Å². The molecule has 0 fully saturated rings. The third-order valence-corrected chi connectivity index (χ3v) is 5.27. The largest absolute Gasteiger partial charge is 0.480 e. The molecule has 13 nitrogen and oxygen atoms in total. The smallest absolute Gasteiger partial charge is 0.331 e. The Morgan fingerprint density at radius 3 is 2.63 bits per heavy atom. The topological polar surface area (TPSA) is 177 Å². The number of H-pyrrole nitrogens is 1. The molecule has 2 aromatic rings. The van der Waals surface area contributed by atoms with E-state index in [-0.39, 0.29) is 24.5 Å². The maximum absolute atomic E-state index is 12.2. The lowest BCUT2D eigenvalue weighted by Crippen LogP contribution is -2.29. The summed E-state index contributed by atoms with van der Waals surface area (Å²) in [5, 5.41) is 29.6. The van der Waals surface area contributed by atoms with E-state index in [9.17, 15) is 19.8 Å². The fourth-order valence-corrected chi connectivity index (χ4v) is 3.48. The SMILES string of the molecule is C=C(C)N=C(OCOC(=O)CCCc1cn(C(C(=O)O)C(C)O)nn1)/C(=C/c1nc[nH]c1C(C)(C)C)NC. The molecule has 0 aliphatic carbocycles. The fraction of sp³-hybridized carbons (Fsp3) is 0.520. The molecule has 0 spiro atoms. The number of carboxylic acid groups (broad SMARTS) is 1. The number of nitrogens with one attached hydrogen (secondary N) is 2. The average Bonchev–Trinajstić information content (AvgIpc) is 3.45. The van der Waals surface area contributed by atoms with Crippen LogP contribution in [0.25, 0.3) is 6.08 Å². The number of aliphatic imine (C=N–C) groups is 1. The lowest BCUT2D eigenvalue weighted by molar-refractivity contribution is -0.151. The van der Waals surface area contributed by atoms with Gasteiger partial charge in [0.25, 0.3) is 0 Å². The number of aromatic amines is 1. The first-order valence-electron chi connectivity index (χ1n) is 12.1. The summed E-state index contributed by atoms with van der Waals surface area (Å²) in [6.07, 6.45) is 4.56. The molecule has 0 saturated heterocycles. The van der Waals surface area contributed by atoms with E-state index in [1.807, 2.05) is 0 Å². The van der Waals surface area contributed by atoms with Crippen LogP contribution in [0.1, 0.15) is 70.6 Å². The Morgan fingerprint density at radius 1 is 1.34 bits per heavy atom. The molecule has 0 amide bonds. The van der Waals surface area contributed by atoms with Gasteiger partial charge in [0.15, 0.2) is 6.04 Å². The first kappa shape index (κ1) is 30.2. The lowest BCUT2D eigenvalue weighted by atomic mass is 9.90. The molecule has 2 aromatic heterocycles. The van der Waals surface area contributed by atoms with Crippen LogP contribution in [0.4, 0.5) is 0 Å². The summed E-state index contributed by atoms with van der Waals surface area (Å²) in [6.45, 7) is 12.7.